The van der Waals surface area contributed by atoms with Crippen LogP contribution in [0.15, 0.2) is 48.8 Å². The van der Waals surface area contributed by atoms with Crippen molar-refractivity contribution in [2.45, 2.75) is 30.6 Å². The minimum Gasteiger partial charge on any atom is -0.325 e. The number of nitrogens with zero attached hydrogens (tertiary/aromatic N) is 5. The summed E-state index contributed by atoms with van der Waals surface area (Å²) < 4.78 is 93.4. The van der Waals surface area contributed by atoms with Gasteiger partial charge in [0.05, 0.1) is 34.0 Å². The van der Waals surface area contributed by atoms with E-state index in [9.17, 15) is 35.5 Å². The van der Waals surface area contributed by atoms with Gasteiger partial charge in [-0.25, -0.2) is 9.07 Å². The number of nitrogens with one attached hydrogen (secondary N) is 2. The van der Waals surface area contributed by atoms with Crippen LogP contribution >= 0.6 is 0 Å². The SMILES string of the molecule is O=C(Nc1ccc(-n2cc(C(F)(F)F)cn2)c(-c2nn[nH]n2)c1)C1(c2ccc(C(F)(F)F)cc2F)CC1. The van der Waals surface area contributed by atoms with Gasteiger partial charge < -0.3 is 5.32 Å². The molecule has 2 N–H and O–H groups in total. The van der Waals surface area contributed by atoms with E-state index in [1.54, 1.807) is 0 Å². The number of alkyl halides is 6. The van der Waals surface area contributed by atoms with Crippen molar-refractivity contribution in [1.29, 1.82) is 0 Å². The molecule has 2 heterocycles. The largest absolute Gasteiger partial charge is 0.419 e. The van der Waals surface area contributed by atoms with Crippen LogP contribution in [0.4, 0.5) is 36.4 Å². The third-order valence-electron chi connectivity index (χ3n) is 5.99. The van der Waals surface area contributed by atoms with E-state index < -0.39 is 40.6 Å². The topological polar surface area (TPSA) is 101 Å². The fourth-order valence-corrected chi connectivity index (χ4v) is 3.94. The summed E-state index contributed by atoms with van der Waals surface area (Å²) >= 11 is 0. The normalized spacial score (nSPS) is 15.0. The van der Waals surface area contributed by atoms with Crippen molar-refractivity contribution >= 4 is 11.6 Å². The van der Waals surface area contributed by atoms with Gasteiger partial charge in [-0.3, -0.25) is 4.79 Å². The summed E-state index contributed by atoms with van der Waals surface area (Å²) in [7, 11) is 0. The van der Waals surface area contributed by atoms with Gasteiger partial charge in [0.2, 0.25) is 11.7 Å². The van der Waals surface area contributed by atoms with Crippen LogP contribution in [-0.2, 0) is 22.6 Å². The number of amides is 1. The third-order valence-corrected chi connectivity index (χ3v) is 5.99. The molecule has 1 amide bonds. The fraction of sp³-hybridized carbons (Fsp3) is 0.227. The van der Waals surface area contributed by atoms with Crippen LogP contribution in [0.2, 0.25) is 0 Å². The number of hydrogen-bond donors (Lipinski definition) is 2. The molecule has 37 heavy (non-hydrogen) atoms. The first-order chi connectivity index (χ1) is 17.4. The molecule has 0 spiro atoms. The zero-order valence-electron chi connectivity index (χ0n) is 18.3. The Labute approximate surface area is 202 Å². The maximum absolute atomic E-state index is 14.6. The molecule has 192 valence electrons. The van der Waals surface area contributed by atoms with Gasteiger partial charge in [0.25, 0.3) is 0 Å². The second-order valence-electron chi connectivity index (χ2n) is 8.37. The highest BCUT2D eigenvalue weighted by atomic mass is 19.4. The zero-order chi connectivity index (χ0) is 26.6. The van der Waals surface area contributed by atoms with Crippen molar-refractivity contribution in [2.24, 2.45) is 0 Å². The summed E-state index contributed by atoms with van der Waals surface area (Å²) in [5.74, 6) is -1.81. The van der Waals surface area contributed by atoms with E-state index >= 15 is 0 Å². The number of aromatic amines is 1. The molecular formula is C22H14F7N7O. The molecule has 15 heteroatoms. The minimum absolute atomic E-state index is 0.00919. The molecular weight excluding hydrogens is 511 g/mol. The highest BCUT2D eigenvalue weighted by molar-refractivity contribution is 6.02. The van der Waals surface area contributed by atoms with Crippen molar-refractivity contribution in [3.05, 3.63) is 71.3 Å². The zero-order valence-corrected chi connectivity index (χ0v) is 18.3. The molecule has 0 atom stereocenters. The summed E-state index contributed by atoms with van der Waals surface area (Å²) in [5, 5.41) is 19.7. The summed E-state index contributed by atoms with van der Waals surface area (Å²) in [6, 6.07) is 6.14. The van der Waals surface area contributed by atoms with Gasteiger partial charge in [0, 0.05) is 17.4 Å². The average molecular weight is 525 g/mol. The number of tetrazole rings is 1. The molecule has 1 saturated carbocycles. The number of benzene rings is 2. The van der Waals surface area contributed by atoms with Crippen molar-refractivity contribution in [1.82, 2.24) is 30.4 Å². The highest BCUT2D eigenvalue weighted by Crippen LogP contribution is 2.50. The van der Waals surface area contributed by atoms with Gasteiger partial charge in [0.15, 0.2) is 0 Å². The summed E-state index contributed by atoms with van der Waals surface area (Å²) in [6.07, 6.45) is -7.52. The first-order valence-electron chi connectivity index (χ1n) is 10.6. The summed E-state index contributed by atoms with van der Waals surface area (Å²) in [6.45, 7) is 0. The Balaban J connectivity index is 1.46. The molecule has 1 fully saturated rings. The monoisotopic (exact) mass is 525 g/mol. The molecule has 0 unspecified atom stereocenters. The first kappa shape index (κ1) is 24.4. The van der Waals surface area contributed by atoms with Gasteiger partial charge in [-0.2, -0.15) is 36.7 Å². The Kier molecular flexibility index (Phi) is 5.53. The lowest BCUT2D eigenvalue weighted by molar-refractivity contribution is -0.138. The van der Waals surface area contributed by atoms with Crippen molar-refractivity contribution in [2.75, 3.05) is 5.32 Å². The van der Waals surface area contributed by atoms with Crippen LogP contribution in [0, 0.1) is 5.82 Å². The van der Waals surface area contributed by atoms with E-state index in [-0.39, 0.29) is 41.2 Å². The highest BCUT2D eigenvalue weighted by Gasteiger charge is 2.53. The predicted molar refractivity (Wildman–Crippen MR) is 113 cm³/mol. The van der Waals surface area contributed by atoms with Crippen molar-refractivity contribution < 1.29 is 35.5 Å². The molecule has 2 aromatic heterocycles. The molecule has 0 saturated heterocycles. The van der Waals surface area contributed by atoms with Gasteiger partial charge in [-0.05, 0) is 48.4 Å². The molecule has 2 aromatic carbocycles. The Morgan fingerprint density at radius 2 is 1.73 bits per heavy atom. The smallest absolute Gasteiger partial charge is 0.325 e. The van der Waals surface area contributed by atoms with E-state index in [4.69, 9.17) is 0 Å². The number of carbonyl (C=O) groups is 1. The molecule has 0 radical (unpaired) electrons. The van der Waals surface area contributed by atoms with E-state index in [0.717, 1.165) is 16.9 Å². The second kappa shape index (κ2) is 8.38. The van der Waals surface area contributed by atoms with Crippen LogP contribution < -0.4 is 5.32 Å². The van der Waals surface area contributed by atoms with E-state index in [1.807, 2.05) is 0 Å². The molecule has 1 aliphatic rings. The van der Waals surface area contributed by atoms with Crippen LogP contribution in [0.3, 0.4) is 0 Å². The minimum atomic E-state index is -4.74. The fourth-order valence-electron chi connectivity index (χ4n) is 3.94. The van der Waals surface area contributed by atoms with Crippen molar-refractivity contribution in [3.63, 3.8) is 0 Å². The molecule has 0 aliphatic heterocycles. The molecule has 4 aromatic rings. The number of carbonyl (C=O) groups excluding carboxylic acids is 1. The number of hydrogen-bond acceptors (Lipinski definition) is 5. The van der Waals surface area contributed by atoms with E-state index in [1.165, 1.54) is 18.2 Å². The van der Waals surface area contributed by atoms with Crippen LogP contribution in [-0.4, -0.2) is 36.3 Å². The maximum Gasteiger partial charge on any atom is 0.419 e. The lowest BCUT2D eigenvalue weighted by atomic mass is 9.93. The number of aromatic nitrogens is 6. The van der Waals surface area contributed by atoms with Crippen LogP contribution in [0.25, 0.3) is 17.1 Å². The number of halogens is 7. The van der Waals surface area contributed by atoms with Crippen molar-refractivity contribution in [3.8, 4) is 17.1 Å². The lowest BCUT2D eigenvalue weighted by Gasteiger charge is -2.18. The van der Waals surface area contributed by atoms with Gasteiger partial charge in [-0.15, -0.1) is 10.2 Å². The van der Waals surface area contributed by atoms with Gasteiger partial charge in [0.1, 0.15) is 5.82 Å². The lowest BCUT2D eigenvalue weighted by Crippen LogP contribution is -2.29. The maximum atomic E-state index is 14.6. The van der Waals surface area contributed by atoms with Crippen LogP contribution in [0.5, 0.6) is 0 Å². The molecule has 1 aliphatic carbocycles. The molecule has 5 rings (SSSR count). The summed E-state index contributed by atoms with van der Waals surface area (Å²) in [5.41, 5.74) is -3.21. The Morgan fingerprint density at radius 3 is 2.30 bits per heavy atom. The number of H-pyrrole nitrogens is 1. The Bertz CT molecular complexity index is 1470. The second-order valence-corrected chi connectivity index (χ2v) is 8.37. The van der Waals surface area contributed by atoms with E-state index in [2.05, 4.69) is 31.0 Å². The average Bonchev–Trinajstić information content (AvgIpc) is 3.21. The summed E-state index contributed by atoms with van der Waals surface area (Å²) in [4.78, 5) is 13.1. The third kappa shape index (κ3) is 4.51. The first-order valence-corrected chi connectivity index (χ1v) is 10.6. The predicted octanol–water partition coefficient (Wildman–Crippen LogP) is 4.90. The quantitative estimate of drug-likeness (QED) is 0.361. The molecule has 0 bridgehead atoms. The van der Waals surface area contributed by atoms with Gasteiger partial charge in [-0.1, -0.05) is 6.07 Å². The van der Waals surface area contributed by atoms with E-state index in [0.29, 0.717) is 18.3 Å². The Morgan fingerprint density at radius 1 is 1.00 bits per heavy atom. The number of rotatable bonds is 5. The van der Waals surface area contributed by atoms with Gasteiger partial charge >= 0.3 is 12.4 Å². The Hall–Kier alpha value is -4.30. The number of anilines is 1. The molecule has 8 nitrogen and oxygen atoms in total. The van der Waals surface area contributed by atoms with Crippen LogP contribution in [0.1, 0.15) is 29.5 Å². The standard InChI is InChI=1S/C22H14F7N7O/c23-16-7-11(21(24,25)26)1-3-15(16)20(5-6-20)19(37)31-13-2-4-17(14(8-13)18-32-34-35-33-18)36-10-12(9-30-36)22(27,28)29/h1-4,7-10H,5-6H2,(H,31,37)(H,32,33,34,35).